The average molecular weight is 293 g/mol. The average Bonchev–Trinajstić information content (AvgIpc) is 2.47. The first-order valence-corrected chi connectivity index (χ1v) is 6.82. The van der Waals surface area contributed by atoms with Gasteiger partial charge in [0.25, 0.3) is 0 Å². The van der Waals surface area contributed by atoms with Gasteiger partial charge in [-0.05, 0) is 17.5 Å². The molecule has 2 N–H and O–H groups in total. The Balaban J connectivity index is 1.99. The maximum atomic E-state index is 12.0. The number of hydrogen-bond donors (Lipinski definition) is 2. The number of rotatable bonds is 6. The molecule has 1 aromatic carbocycles. The van der Waals surface area contributed by atoms with E-state index in [9.17, 15) is 9.59 Å². The molecule has 21 heavy (non-hydrogen) atoms. The number of benzene rings is 1. The molecule has 1 amide bonds. The first-order chi connectivity index (χ1) is 10.1. The maximum absolute atomic E-state index is 12.0. The van der Waals surface area contributed by atoms with Gasteiger partial charge in [-0.3, -0.25) is 4.79 Å². The molecule has 1 aromatic rings. The summed E-state index contributed by atoms with van der Waals surface area (Å²) in [6.07, 6.45) is 0.604. The van der Waals surface area contributed by atoms with Gasteiger partial charge in [0.1, 0.15) is 0 Å². The quantitative estimate of drug-likeness (QED) is 0.814. The predicted molar refractivity (Wildman–Crippen MR) is 74.9 cm³/mol. The molecule has 114 valence electrons. The summed E-state index contributed by atoms with van der Waals surface area (Å²) in [5, 5.41) is 11.4. The van der Waals surface area contributed by atoms with Gasteiger partial charge in [0.2, 0.25) is 5.91 Å². The number of carbonyl (C=O) groups excluding carboxylic acids is 1. The van der Waals surface area contributed by atoms with Gasteiger partial charge < -0.3 is 19.9 Å². The van der Waals surface area contributed by atoms with E-state index in [1.54, 1.807) is 0 Å². The molecule has 0 aliphatic carbocycles. The number of carboxylic acids is 1. The van der Waals surface area contributed by atoms with Crippen LogP contribution < -0.4 is 5.32 Å². The highest BCUT2D eigenvalue weighted by Crippen LogP contribution is 2.29. The van der Waals surface area contributed by atoms with E-state index in [-0.39, 0.29) is 25.0 Å². The second-order valence-corrected chi connectivity index (χ2v) is 4.93. The molecule has 1 heterocycles. The molecule has 2 unspecified atom stereocenters. The van der Waals surface area contributed by atoms with Gasteiger partial charge in [0.05, 0.1) is 25.7 Å². The minimum Gasteiger partial charge on any atom is -0.480 e. The Morgan fingerprint density at radius 3 is 2.95 bits per heavy atom. The highest BCUT2D eigenvalue weighted by Gasteiger charge is 2.26. The van der Waals surface area contributed by atoms with Crippen LogP contribution in [0.5, 0.6) is 0 Å². The summed E-state index contributed by atoms with van der Waals surface area (Å²) in [6.45, 7) is 0.499. The molecule has 0 saturated heterocycles. The Morgan fingerprint density at radius 1 is 1.48 bits per heavy atom. The van der Waals surface area contributed by atoms with Crippen molar-refractivity contribution in [3.63, 3.8) is 0 Å². The number of aliphatic carboxylic acids is 1. The molecule has 1 aliphatic heterocycles. The number of carboxylic acid groups (broad SMARTS) is 1. The van der Waals surface area contributed by atoms with Crippen molar-refractivity contribution in [2.75, 3.05) is 20.3 Å². The third kappa shape index (κ3) is 4.03. The fourth-order valence-electron chi connectivity index (χ4n) is 2.41. The van der Waals surface area contributed by atoms with Gasteiger partial charge in [-0.25, -0.2) is 4.79 Å². The number of carbonyl (C=O) groups is 2. The van der Waals surface area contributed by atoms with E-state index in [0.717, 1.165) is 12.0 Å². The lowest BCUT2D eigenvalue weighted by Crippen LogP contribution is -2.44. The predicted octanol–water partition coefficient (Wildman–Crippen LogP) is 0.906. The molecule has 2 atom stereocenters. The summed E-state index contributed by atoms with van der Waals surface area (Å²) in [6, 6.07) is 6.79. The third-order valence-electron chi connectivity index (χ3n) is 3.43. The van der Waals surface area contributed by atoms with Crippen molar-refractivity contribution in [2.45, 2.75) is 25.0 Å². The summed E-state index contributed by atoms with van der Waals surface area (Å²) < 4.78 is 10.4. The van der Waals surface area contributed by atoms with Gasteiger partial charge in [0, 0.05) is 7.11 Å². The number of hydrogen-bond acceptors (Lipinski definition) is 4. The largest absolute Gasteiger partial charge is 0.480 e. The lowest BCUT2D eigenvalue weighted by molar-refractivity contribution is -0.143. The number of amides is 1. The van der Waals surface area contributed by atoms with Crippen LogP contribution in [-0.2, 0) is 25.5 Å². The first-order valence-electron chi connectivity index (χ1n) is 6.82. The van der Waals surface area contributed by atoms with Crippen molar-refractivity contribution >= 4 is 11.9 Å². The Kier molecular flexibility index (Phi) is 5.30. The van der Waals surface area contributed by atoms with Gasteiger partial charge in [-0.15, -0.1) is 0 Å². The molecule has 2 rings (SSSR count). The van der Waals surface area contributed by atoms with E-state index in [1.807, 2.05) is 24.3 Å². The van der Waals surface area contributed by atoms with E-state index in [1.165, 1.54) is 12.7 Å². The molecule has 0 fully saturated rings. The van der Waals surface area contributed by atoms with Crippen LogP contribution in [0.3, 0.4) is 0 Å². The molecule has 0 spiro atoms. The van der Waals surface area contributed by atoms with Crippen LogP contribution in [0.25, 0.3) is 0 Å². The van der Waals surface area contributed by atoms with E-state index in [0.29, 0.717) is 6.61 Å². The minimum atomic E-state index is -1.12. The summed E-state index contributed by atoms with van der Waals surface area (Å²) in [5.74, 6) is -1.48. The monoisotopic (exact) mass is 293 g/mol. The van der Waals surface area contributed by atoms with Gasteiger partial charge in [0.15, 0.2) is 6.04 Å². The lowest BCUT2D eigenvalue weighted by atomic mass is 9.95. The molecular formula is C15H19NO5. The zero-order valence-corrected chi connectivity index (χ0v) is 11.9. The maximum Gasteiger partial charge on any atom is 0.328 e. The van der Waals surface area contributed by atoms with Crippen LogP contribution in [0.1, 0.15) is 23.7 Å². The molecule has 0 radical (unpaired) electrons. The molecule has 0 saturated carbocycles. The van der Waals surface area contributed by atoms with Crippen LogP contribution >= 0.6 is 0 Å². The molecule has 0 bridgehead atoms. The fraction of sp³-hybridized carbons (Fsp3) is 0.467. The normalized spacial score (nSPS) is 18.6. The Bertz CT molecular complexity index is 517. The molecule has 6 heteroatoms. The van der Waals surface area contributed by atoms with Crippen LogP contribution in [0.2, 0.25) is 0 Å². The van der Waals surface area contributed by atoms with Crippen LogP contribution in [-0.4, -0.2) is 43.3 Å². The number of fused-ring (bicyclic) bond motifs is 1. The summed E-state index contributed by atoms with van der Waals surface area (Å²) in [7, 11) is 1.39. The van der Waals surface area contributed by atoms with Crippen molar-refractivity contribution in [2.24, 2.45) is 0 Å². The SMILES string of the molecule is COCC(NC(=O)CC1OCCc2ccccc21)C(=O)O. The van der Waals surface area contributed by atoms with Crippen molar-refractivity contribution in [3.8, 4) is 0 Å². The van der Waals surface area contributed by atoms with E-state index in [4.69, 9.17) is 14.6 Å². The van der Waals surface area contributed by atoms with Crippen molar-refractivity contribution in [1.29, 1.82) is 0 Å². The minimum absolute atomic E-state index is 0.0663. The topological polar surface area (TPSA) is 84.9 Å². The van der Waals surface area contributed by atoms with E-state index >= 15 is 0 Å². The standard InChI is InChI=1S/C15H19NO5/c1-20-9-12(15(18)19)16-14(17)8-13-11-5-3-2-4-10(11)6-7-21-13/h2-5,12-13H,6-9H2,1H3,(H,16,17)(H,18,19). The smallest absolute Gasteiger partial charge is 0.328 e. The fourth-order valence-corrected chi connectivity index (χ4v) is 2.41. The van der Waals surface area contributed by atoms with Crippen molar-refractivity contribution in [3.05, 3.63) is 35.4 Å². The Labute approximate surface area is 123 Å². The summed E-state index contributed by atoms with van der Waals surface area (Å²) >= 11 is 0. The number of methoxy groups -OCH3 is 1. The zero-order chi connectivity index (χ0) is 15.2. The summed E-state index contributed by atoms with van der Waals surface area (Å²) in [4.78, 5) is 23.0. The van der Waals surface area contributed by atoms with Crippen LogP contribution in [0.4, 0.5) is 0 Å². The number of nitrogens with one attached hydrogen (secondary N) is 1. The van der Waals surface area contributed by atoms with E-state index < -0.39 is 12.0 Å². The molecule has 6 nitrogen and oxygen atoms in total. The molecule has 0 aromatic heterocycles. The molecular weight excluding hydrogens is 274 g/mol. The lowest BCUT2D eigenvalue weighted by Gasteiger charge is -2.26. The van der Waals surface area contributed by atoms with E-state index in [2.05, 4.69) is 5.32 Å². The zero-order valence-electron chi connectivity index (χ0n) is 11.9. The molecule has 1 aliphatic rings. The van der Waals surface area contributed by atoms with Crippen LogP contribution in [0, 0.1) is 0 Å². The first kappa shape index (κ1) is 15.5. The third-order valence-corrected chi connectivity index (χ3v) is 3.43. The highest BCUT2D eigenvalue weighted by atomic mass is 16.5. The Morgan fingerprint density at radius 2 is 2.24 bits per heavy atom. The number of ether oxygens (including phenoxy) is 2. The van der Waals surface area contributed by atoms with Crippen LogP contribution in [0.15, 0.2) is 24.3 Å². The van der Waals surface area contributed by atoms with Gasteiger partial charge in [-0.1, -0.05) is 24.3 Å². The highest BCUT2D eigenvalue weighted by molar-refractivity contribution is 5.84. The van der Waals surface area contributed by atoms with Gasteiger partial charge in [-0.2, -0.15) is 0 Å². The van der Waals surface area contributed by atoms with Crippen molar-refractivity contribution < 1.29 is 24.2 Å². The van der Waals surface area contributed by atoms with Gasteiger partial charge >= 0.3 is 5.97 Å². The van der Waals surface area contributed by atoms with Crippen molar-refractivity contribution in [1.82, 2.24) is 5.32 Å². The second-order valence-electron chi connectivity index (χ2n) is 4.93. The Hall–Kier alpha value is -1.92. The summed E-state index contributed by atoms with van der Waals surface area (Å²) in [5.41, 5.74) is 2.17. The second kappa shape index (κ2) is 7.19.